The van der Waals surface area contributed by atoms with E-state index in [2.05, 4.69) is 5.32 Å². The highest BCUT2D eigenvalue weighted by atomic mass is 16.4. The van der Waals surface area contributed by atoms with Crippen LogP contribution in [0.5, 0.6) is 0 Å². The van der Waals surface area contributed by atoms with E-state index in [0.29, 0.717) is 18.4 Å². The van der Waals surface area contributed by atoms with Gasteiger partial charge in [-0.2, -0.15) is 0 Å². The minimum Gasteiger partial charge on any atom is -0.480 e. The summed E-state index contributed by atoms with van der Waals surface area (Å²) in [5.74, 6) is -0.264. The molecule has 1 unspecified atom stereocenters. The van der Waals surface area contributed by atoms with Crippen molar-refractivity contribution in [2.75, 3.05) is 0 Å². The van der Waals surface area contributed by atoms with Crippen molar-refractivity contribution in [1.82, 2.24) is 5.32 Å². The highest BCUT2D eigenvalue weighted by Gasteiger charge is 2.50. The zero-order valence-corrected chi connectivity index (χ0v) is 10.9. The second-order valence-electron chi connectivity index (χ2n) is 5.74. The molecule has 0 aromatic heterocycles. The molecule has 0 radical (unpaired) electrons. The first kappa shape index (κ1) is 12.9. The number of nitrogens with one attached hydrogen (secondary N) is 1. The highest BCUT2D eigenvalue weighted by molar-refractivity contribution is 5.79. The molecule has 0 amide bonds. The summed E-state index contributed by atoms with van der Waals surface area (Å²) in [5, 5.41) is 13.1. The molecule has 3 heteroatoms. The molecule has 0 aliphatic heterocycles. The van der Waals surface area contributed by atoms with Gasteiger partial charge in [-0.05, 0) is 38.0 Å². The van der Waals surface area contributed by atoms with Crippen LogP contribution in [0.4, 0.5) is 0 Å². The molecule has 2 rings (SSSR count). The van der Waals surface area contributed by atoms with Gasteiger partial charge in [-0.15, -0.1) is 0 Å². The molecule has 2 saturated carbocycles. The van der Waals surface area contributed by atoms with Crippen LogP contribution in [-0.2, 0) is 4.79 Å². The first-order valence-corrected chi connectivity index (χ1v) is 7.20. The van der Waals surface area contributed by atoms with E-state index in [4.69, 9.17) is 0 Å². The monoisotopic (exact) mass is 239 g/mol. The van der Waals surface area contributed by atoms with E-state index in [1.807, 2.05) is 6.92 Å². The lowest BCUT2D eigenvalue weighted by molar-refractivity contribution is -0.146. The van der Waals surface area contributed by atoms with Crippen LogP contribution in [-0.4, -0.2) is 22.7 Å². The van der Waals surface area contributed by atoms with Crippen molar-refractivity contribution in [3.05, 3.63) is 0 Å². The second kappa shape index (κ2) is 5.38. The van der Waals surface area contributed by atoms with Gasteiger partial charge in [0.05, 0.1) is 0 Å². The molecule has 0 spiro atoms. The van der Waals surface area contributed by atoms with E-state index in [-0.39, 0.29) is 0 Å². The molecule has 2 N–H and O–H groups in total. The summed E-state index contributed by atoms with van der Waals surface area (Å²) in [6.45, 7) is 2.01. The number of carbonyl (C=O) groups is 1. The summed E-state index contributed by atoms with van der Waals surface area (Å²) in [6, 6.07) is 0.425. The maximum absolute atomic E-state index is 11.6. The van der Waals surface area contributed by atoms with Crippen molar-refractivity contribution in [2.45, 2.75) is 76.3 Å². The minimum atomic E-state index is -0.633. The molecule has 0 bridgehead atoms. The van der Waals surface area contributed by atoms with Crippen molar-refractivity contribution in [2.24, 2.45) is 5.92 Å². The molecular weight excluding hydrogens is 214 g/mol. The molecule has 1 atom stereocenters. The van der Waals surface area contributed by atoms with Gasteiger partial charge >= 0.3 is 5.97 Å². The summed E-state index contributed by atoms with van der Waals surface area (Å²) in [4.78, 5) is 11.6. The van der Waals surface area contributed by atoms with Gasteiger partial charge in [0.15, 0.2) is 0 Å². The SMILES string of the molecule is CCC(NC1CCCCCC1)(C(=O)O)C1CC1. The number of hydrogen-bond acceptors (Lipinski definition) is 2. The van der Waals surface area contributed by atoms with E-state index in [9.17, 15) is 9.90 Å². The number of rotatable bonds is 5. The van der Waals surface area contributed by atoms with Crippen molar-refractivity contribution in [1.29, 1.82) is 0 Å². The Labute approximate surface area is 104 Å². The molecule has 3 nitrogen and oxygen atoms in total. The third kappa shape index (κ3) is 2.82. The van der Waals surface area contributed by atoms with Crippen LogP contribution in [0.3, 0.4) is 0 Å². The molecule has 98 valence electrons. The lowest BCUT2D eigenvalue weighted by Crippen LogP contribution is -2.57. The molecule has 2 fully saturated rings. The number of aliphatic carboxylic acids is 1. The van der Waals surface area contributed by atoms with Crippen LogP contribution in [0, 0.1) is 5.92 Å². The normalized spacial score (nSPS) is 26.2. The maximum Gasteiger partial charge on any atom is 0.324 e. The lowest BCUT2D eigenvalue weighted by Gasteiger charge is -2.34. The average Bonchev–Trinajstić information content (AvgIpc) is 3.13. The third-order valence-corrected chi connectivity index (χ3v) is 4.53. The molecule has 0 heterocycles. The molecule has 0 aromatic rings. The average molecular weight is 239 g/mol. The second-order valence-corrected chi connectivity index (χ2v) is 5.74. The Morgan fingerprint density at radius 2 is 1.76 bits per heavy atom. The van der Waals surface area contributed by atoms with Crippen molar-refractivity contribution in [3.63, 3.8) is 0 Å². The van der Waals surface area contributed by atoms with E-state index >= 15 is 0 Å². The smallest absolute Gasteiger partial charge is 0.324 e. The van der Waals surface area contributed by atoms with Crippen molar-refractivity contribution < 1.29 is 9.90 Å². The fraction of sp³-hybridized carbons (Fsp3) is 0.929. The Bertz CT molecular complexity index is 267. The van der Waals surface area contributed by atoms with Crippen molar-refractivity contribution >= 4 is 5.97 Å². The molecule has 2 aliphatic rings. The number of carboxylic acids is 1. The summed E-state index contributed by atoms with van der Waals surface area (Å²) in [7, 11) is 0. The number of hydrogen-bond donors (Lipinski definition) is 2. The fourth-order valence-electron chi connectivity index (χ4n) is 3.26. The van der Waals surface area contributed by atoms with Gasteiger partial charge in [0.2, 0.25) is 0 Å². The van der Waals surface area contributed by atoms with Crippen molar-refractivity contribution in [3.8, 4) is 0 Å². The summed E-state index contributed by atoms with van der Waals surface area (Å²) >= 11 is 0. The van der Waals surface area contributed by atoms with Crippen LogP contribution < -0.4 is 5.32 Å². The Kier molecular flexibility index (Phi) is 4.08. The van der Waals surface area contributed by atoms with Crippen LogP contribution in [0.25, 0.3) is 0 Å². The fourth-order valence-corrected chi connectivity index (χ4v) is 3.26. The zero-order chi connectivity index (χ0) is 12.3. The van der Waals surface area contributed by atoms with Gasteiger partial charge in [-0.3, -0.25) is 10.1 Å². The van der Waals surface area contributed by atoms with Gasteiger partial charge in [-0.25, -0.2) is 0 Å². The summed E-state index contributed by atoms with van der Waals surface area (Å²) in [6.07, 6.45) is 10.3. The quantitative estimate of drug-likeness (QED) is 0.725. The van der Waals surface area contributed by atoms with E-state index in [1.54, 1.807) is 0 Å². The number of carboxylic acid groups (broad SMARTS) is 1. The minimum absolute atomic E-state index is 0.369. The van der Waals surface area contributed by atoms with Gasteiger partial charge in [-0.1, -0.05) is 32.6 Å². The van der Waals surface area contributed by atoms with Gasteiger partial charge < -0.3 is 5.11 Å². The van der Waals surface area contributed by atoms with E-state index in [1.165, 1.54) is 25.7 Å². The largest absolute Gasteiger partial charge is 0.480 e. The standard InChI is InChI=1S/C14H25NO2/c1-2-14(13(16)17,11-9-10-11)15-12-7-5-3-4-6-8-12/h11-12,15H,2-10H2,1H3,(H,16,17). The molecule has 0 aromatic carbocycles. The topological polar surface area (TPSA) is 49.3 Å². The Morgan fingerprint density at radius 1 is 1.18 bits per heavy atom. The molecule has 0 saturated heterocycles. The predicted octanol–water partition coefficient (Wildman–Crippen LogP) is 2.94. The Balaban J connectivity index is 2.02. The van der Waals surface area contributed by atoms with Gasteiger partial charge in [0.25, 0.3) is 0 Å². The predicted molar refractivity (Wildman–Crippen MR) is 68.0 cm³/mol. The summed E-state index contributed by atoms with van der Waals surface area (Å²) < 4.78 is 0. The van der Waals surface area contributed by atoms with Crippen LogP contribution in [0.1, 0.15) is 64.7 Å². The van der Waals surface area contributed by atoms with Crippen LogP contribution in [0.15, 0.2) is 0 Å². The van der Waals surface area contributed by atoms with Gasteiger partial charge in [0.1, 0.15) is 5.54 Å². The molecule has 17 heavy (non-hydrogen) atoms. The first-order chi connectivity index (χ1) is 8.19. The Morgan fingerprint density at radius 3 is 2.18 bits per heavy atom. The van der Waals surface area contributed by atoms with Crippen LogP contribution >= 0.6 is 0 Å². The third-order valence-electron chi connectivity index (χ3n) is 4.53. The van der Waals surface area contributed by atoms with Crippen LogP contribution in [0.2, 0.25) is 0 Å². The first-order valence-electron chi connectivity index (χ1n) is 7.20. The summed E-state index contributed by atoms with van der Waals surface area (Å²) in [5.41, 5.74) is -0.630. The van der Waals surface area contributed by atoms with E-state index < -0.39 is 11.5 Å². The highest BCUT2D eigenvalue weighted by Crippen LogP contribution is 2.42. The van der Waals surface area contributed by atoms with E-state index in [0.717, 1.165) is 25.7 Å². The molecule has 2 aliphatic carbocycles. The molecular formula is C14H25NO2. The Hall–Kier alpha value is -0.570. The lowest BCUT2D eigenvalue weighted by atomic mass is 9.88. The van der Waals surface area contributed by atoms with Gasteiger partial charge in [0, 0.05) is 6.04 Å². The zero-order valence-electron chi connectivity index (χ0n) is 10.9. The maximum atomic E-state index is 11.6.